The number of hydrogen-bond acceptors (Lipinski definition) is 4. The van der Waals surface area contributed by atoms with Crippen molar-refractivity contribution >= 4 is 10.0 Å². The van der Waals surface area contributed by atoms with Gasteiger partial charge in [0.2, 0.25) is 10.0 Å². The molecule has 1 atom stereocenters. The number of nitrogens with zero attached hydrogens (tertiary/aromatic N) is 3. The van der Waals surface area contributed by atoms with Crippen molar-refractivity contribution in [3.63, 3.8) is 0 Å². The van der Waals surface area contributed by atoms with Gasteiger partial charge in [-0.05, 0) is 39.9 Å². The third kappa shape index (κ3) is 2.73. The predicted molar refractivity (Wildman–Crippen MR) is 62.3 cm³/mol. The average molecular weight is 245 g/mol. The number of hydrogen-bond donors (Lipinski definition) is 0. The van der Waals surface area contributed by atoms with Gasteiger partial charge < -0.3 is 4.90 Å². The Bertz CT molecular complexity index is 366. The highest BCUT2D eigenvalue weighted by Gasteiger charge is 2.32. The molecule has 1 aliphatic rings. The zero-order valence-electron chi connectivity index (χ0n) is 10.0. The van der Waals surface area contributed by atoms with E-state index in [9.17, 15) is 8.42 Å². The summed E-state index contributed by atoms with van der Waals surface area (Å²) in [5, 5.41) is 7.73. The number of likely N-dealkylation sites (tertiary alicyclic amines) is 1. The van der Waals surface area contributed by atoms with E-state index in [4.69, 9.17) is 5.26 Å². The zero-order chi connectivity index (χ0) is 12.3. The first-order chi connectivity index (χ1) is 7.39. The fraction of sp³-hybridized carbons (Fsp3) is 0.900. The molecule has 1 aliphatic heterocycles. The summed E-state index contributed by atoms with van der Waals surface area (Å²) in [6.45, 7) is 3.25. The van der Waals surface area contributed by atoms with Crippen molar-refractivity contribution in [2.45, 2.75) is 31.1 Å². The number of rotatable bonds is 3. The molecule has 1 unspecified atom stereocenters. The van der Waals surface area contributed by atoms with Gasteiger partial charge in [-0.25, -0.2) is 12.7 Å². The van der Waals surface area contributed by atoms with Gasteiger partial charge in [-0.3, -0.25) is 0 Å². The van der Waals surface area contributed by atoms with Gasteiger partial charge in [0.1, 0.15) is 0 Å². The largest absolute Gasteiger partial charge is 0.306 e. The quantitative estimate of drug-likeness (QED) is 0.715. The second kappa shape index (κ2) is 5.13. The molecule has 5 nitrogen and oxygen atoms in total. The van der Waals surface area contributed by atoms with E-state index < -0.39 is 15.3 Å². The Balaban J connectivity index is 2.72. The van der Waals surface area contributed by atoms with Crippen LogP contribution in [0.2, 0.25) is 0 Å². The smallest absolute Gasteiger partial charge is 0.230 e. The molecule has 1 heterocycles. The molecule has 0 aromatic heterocycles. The van der Waals surface area contributed by atoms with Gasteiger partial charge in [-0.2, -0.15) is 5.26 Å². The molecule has 0 aliphatic carbocycles. The van der Waals surface area contributed by atoms with Crippen molar-refractivity contribution in [2.75, 3.05) is 27.2 Å². The third-order valence-corrected chi connectivity index (χ3v) is 5.33. The van der Waals surface area contributed by atoms with Crippen molar-refractivity contribution in [2.24, 2.45) is 0 Å². The minimum Gasteiger partial charge on any atom is -0.306 e. The van der Waals surface area contributed by atoms with Crippen LogP contribution in [0.1, 0.15) is 19.8 Å². The fourth-order valence-corrected chi connectivity index (χ4v) is 3.14. The highest BCUT2D eigenvalue weighted by atomic mass is 32.2. The van der Waals surface area contributed by atoms with Crippen molar-refractivity contribution in [1.82, 2.24) is 9.21 Å². The molecule has 1 saturated heterocycles. The lowest BCUT2D eigenvalue weighted by molar-refractivity contribution is 0.197. The third-order valence-electron chi connectivity index (χ3n) is 3.23. The van der Waals surface area contributed by atoms with Crippen molar-refractivity contribution in [3.8, 4) is 6.07 Å². The van der Waals surface area contributed by atoms with Crippen LogP contribution < -0.4 is 0 Å². The van der Waals surface area contributed by atoms with E-state index in [1.807, 2.05) is 7.05 Å². The Hall–Kier alpha value is -0.640. The van der Waals surface area contributed by atoms with Crippen LogP contribution in [0.25, 0.3) is 0 Å². The SMILES string of the molecule is CC(C#N)S(=O)(=O)N(C)C1CCN(C)CC1. The molecule has 6 heteroatoms. The lowest BCUT2D eigenvalue weighted by Crippen LogP contribution is -2.46. The minimum absolute atomic E-state index is 0.0389. The van der Waals surface area contributed by atoms with Gasteiger partial charge >= 0.3 is 0 Å². The lowest BCUT2D eigenvalue weighted by atomic mass is 10.1. The molecule has 1 fully saturated rings. The Labute approximate surface area is 97.7 Å². The van der Waals surface area contributed by atoms with Crippen LogP contribution in [0.15, 0.2) is 0 Å². The van der Waals surface area contributed by atoms with Gasteiger partial charge in [-0.15, -0.1) is 0 Å². The van der Waals surface area contributed by atoms with Crippen molar-refractivity contribution < 1.29 is 8.42 Å². The summed E-state index contributed by atoms with van der Waals surface area (Å²) in [4.78, 5) is 2.19. The first-order valence-corrected chi connectivity index (χ1v) is 6.95. The first kappa shape index (κ1) is 13.4. The fourth-order valence-electron chi connectivity index (χ4n) is 1.88. The Morgan fingerprint density at radius 3 is 2.38 bits per heavy atom. The molecular weight excluding hydrogens is 226 g/mol. The summed E-state index contributed by atoms with van der Waals surface area (Å²) < 4.78 is 25.2. The van der Waals surface area contributed by atoms with E-state index in [1.54, 1.807) is 13.1 Å². The van der Waals surface area contributed by atoms with E-state index >= 15 is 0 Å². The van der Waals surface area contributed by atoms with Gasteiger partial charge in [0.05, 0.1) is 6.07 Å². The standard InChI is InChI=1S/C10H19N3O2S/c1-9(8-11)16(14,15)13(3)10-4-6-12(2)7-5-10/h9-10H,4-7H2,1-3H3. The Morgan fingerprint density at radius 2 is 1.94 bits per heavy atom. The van der Waals surface area contributed by atoms with Crippen LogP contribution in [-0.2, 0) is 10.0 Å². The second-order valence-electron chi connectivity index (χ2n) is 4.37. The van der Waals surface area contributed by atoms with Gasteiger partial charge in [0.15, 0.2) is 5.25 Å². The molecule has 0 saturated carbocycles. The van der Waals surface area contributed by atoms with Crippen LogP contribution in [0.3, 0.4) is 0 Å². The van der Waals surface area contributed by atoms with Crippen LogP contribution in [0, 0.1) is 11.3 Å². The summed E-state index contributed by atoms with van der Waals surface area (Å²) in [6, 6.07) is 1.83. The van der Waals surface area contributed by atoms with E-state index in [1.165, 1.54) is 11.2 Å². The van der Waals surface area contributed by atoms with Crippen molar-refractivity contribution in [1.29, 1.82) is 5.26 Å². The molecule has 0 amide bonds. The Morgan fingerprint density at radius 1 is 1.44 bits per heavy atom. The molecule has 0 aromatic carbocycles. The maximum absolute atomic E-state index is 11.9. The molecule has 0 N–H and O–H groups in total. The maximum Gasteiger partial charge on any atom is 0.230 e. The summed E-state index contributed by atoms with van der Waals surface area (Å²) in [6.07, 6.45) is 1.68. The highest BCUT2D eigenvalue weighted by Crippen LogP contribution is 2.19. The monoisotopic (exact) mass is 245 g/mol. The average Bonchev–Trinajstić information content (AvgIpc) is 2.28. The molecule has 0 aromatic rings. The molecule has 92 valence electrons. The maximum atomic E-state index is 11.9. The molecule has 0 radical (unpaired) electrons. The van der Waals surface area contributed by atoms with Crippen LogP contribution >= 0.6 is 0 Å². The van der Waals surface area contributed by atoms with Gasteiger partial charge in [-0.1, -0.05) is 0 Å². The molecule has 0 bridgehead atoms. The summed E-state index contributed by atoms with van der Waals surface area (Å²) in [7, 11) is 0.160. The Kier molecular flexibility index (Phi) is 4.30. The predicted octanol–water partition coefficient (Wildman–Crippen LogP) is 0.254. The number of piperidine rings is 1. The lowest BCUT2D eigenvalue weighted by Gasteiger charge is -2.34. The topological polar surface area (TPSA) is 64.4 Å². The van der Waals surface area contributed by atoms with Gasteiger partial charge in [0.25, 0.3) is 0 Å². The van der Waals surface area contributed by atoms with Crippen LogP contribution in [0.4, 0.5) is 0 Å². The molecule has 1 rings (SSSR count). The minimum atomic E-state index is -3.45. The number of sulfonamides is 1. The van der Waals surface area contributed by atoms with E-state index in [0.29, 0.717) is 0 Å². The molecule has 16 heavy (non-hydrogen) atoms. The van der Waals surface area contributed by atoms with E-state index in [2.05, 4.69) is 4.90 Å². The zero-order valence-corrected chi connectivity index (χ0v) is 10.9. The second-order valence-corrected chi connectivity index (χ2v) is 6.68. The van der Waals surface area contributed by atoms with Crippen LogP contribution in [-0.4, -0.2) is 56.1 Å². The summed E-state index contributed by atoms with van der Waals surface area (Å²) in [5.41, 5.74) is 0. The van der Waals surface area contributed by atoms with E-state index in [0.717, 1.165) is 25.9 Å². The number of nitriles is 1. The van der Waals surface area contributed by atoms with Gasteiger partial charge in [0, 0.05) is 13.1 Å². The van der Waals surface area contributed by atoms with Crippen molar-refractivity contribution in [3.05, 3.63) is 0 Å². The van der Waals surface area contributed by atoms with Crippen LogP contribution in [0.5, 0.6) is 0 Å². The first-order valence-electron chi connectivity index (χ1n) is 5.44. The molecular formula is C10H19N3O2S. The summed E-state index contributed by atoms with van der Waals surface area (Å²) in [5.74, 6) is 0. The molecule has 0 spiro atoms. The highest BCUT2D eigenvalue weighted by molar-refractivity contribution is 7.89. The van der Waals surface area contributed by atoms with E-state index in [-0.39, 0.29) is 6.04 Å². The summed E-state index contributed by atoms with van der Waals surface area (Å²) >= 11 is 0. The normalized spacial score (nSPS) is 21.9.